The summed E-state index contributed by atoms with van der Waals surface area (Å²) < 4.78 is 22.0. The van der Waals surface area contributed by atoms with E-state index in [1.807, 2.05) is 18.2 Å². The topological polar surface area (TPSA) is 131 Å². The predicted molar refractivity (Wildman–Crippen MR) is 221 cm³/mol. The molecule has 1 amide bonds. The number of carbonyl (C=O) groups is 1. The van der Waals surface area contributed by atoms with Crippen molar-refractivity contribution in [2.75, 3.05) is 19.8 Å². The normalized spacial score (nSPS) is 15.1. The van der Waals surface area contributed by atoms with E-state index in [1.54, 1.807) is 12.2 Å². The number of carbonyl (C=O) groups excluding carboxylic acids is 1. The Morgan fingerprint density at radius 2 is 1.13 bits per heavy atom. The Bertz CT molecular complexity index is 1080. The molecule has 0 bridgehead atoms. The van der Waals surface area contributed by atoms with Gasteiger partial charge < -0.3 is 21.1 Å². The number of allylic oxidation sites excluding steroid dienone is 12. The summed E-state index contributed by atoms with van der Waals surface area (Å²) in [5, 5.41) is 13.5. The van der Waals surface area contributed by atoms with Gasteiger partial charge in [0.05, 0.1) is 25.4 Å². The van der Waals surface area contributed by atoms with Gasteiger partial charge in [-0.05, 0) is 57.8 Å². The third-order valence-corrected chi connectivity index (χ3v) is 9.22. The smallest absolute Gasteiger partial charge is 0.387 e. The van der Waals surface area contributed by atoms with Gasteiger partial charge in [-0.15, -0.1) is 0 Å². The van der Waals surface area contributed by atoms with Crippen LogP contribution >= 0.6 is 7.82 Å². The zero-order valence-electron chi connectivity index (χ0n) is 32.8. The highest BCUT2D eigenvalue weighted by Gasteiger charge is 2.26. The van der Waals surface area contributed by atoms with Gasteiger partial charge in [0.15, 0.2) is 0 Å². The SMILES string of the molecule is CC/C=C\C/C=C\C/C=C\C/C=C\C/C=C\CC(=O)NC(COP(=O)(O)OCCN)C(O)/C=C/CC/C=C/CCCCCCCCCCCCCC. The number of aliphatic hydroxyl groups excluding tert-OH is 1. The van der Waals surface area contributed by atoms with Gasteiger partial charge in [-0.2, -0.15) is 0 Å². The highest BCUT2D eigenvalue weighted by Crippen LogP contribution is 2.43. The Labute approximate surface area is 318 Å². The molecular weight excluding hydrogens is 671 g/mol. The van der Waals surface area contributed by atoms with E-state index in [2.05, 4.69) is 73.8 Å². The monoisotopic (exact) mass is 747 g/mol. The minimum Gasteiger partial charge on any atom is -0.387 e. The molecule has 3 atom stereocenters. The van der Waals surface area contributed by atoms with E-state index in [-0.39, 0.29) is 25.5 Å². The molecule has 9 heteroatoms. The Kier molecular flexibility index (Phi) is 36.7. The molecule has 0 aliphatic heterocycles. The Morgan fingerprint density at radius 3 is 1.67 bits per heavy atom. The van der Waals surface area contributed by atoms with Gasteiger partial charge in [0.2, 0.25) is 5.91 Å². The Balaban J connectivity index is 4.47. The average molecular weight is 747 g/mol. The van der Waals surface area contributed by atoms with Crippen LogP contribution < -0.4 is 11.1 Å². The van der Waals surface area contributed by atoms with Crippen LogP contribution in [-0.4, -0.2) is 47.8 Å². The van der Waals surface area contributed by atoms with E-state index >= 15 is 0 Å². The first-order valence-corrected chi connectivity index (χ1v) is 21.7. The van der Waals surface area contributed by atoms with E-state index in [4.69, 9.17) is 14.8 Å². The third kappa shape index (κ3) is 36.1. The number of aliphatic hydroxyl groups is 1. The van der Waals surface area contributed by atoms with E-state index < -0.39 is 26.6 Å². The molecule has 0 aromatic carbocycles. The zero-order chi connectivity index (χ0) is 38.2. The molecule has 0 heterocycles. The molecule has 52 heavy (non-hydrogen) atoms. The van der Waals surface area contributed by atoms with Crippen LogP contribution in [0.15, 0.2) is 85.1 Å². The molecule has 0 rings (SSSR count). The van der Waals surface area contributed by atoms with Crippen molar-refractivity contribution in [2.45, 2.75) is 161 Å². The number of phosphoric ester groups is 1. The fourth-order valence-corrected chi connectivity index (χ4v) is 5.97. The number of phosphoric acid groups is 1. The standard InChI is InChI=1S/C43H75N2O6P/c1-3-5-7-9-11-13-15-17-19-20-21-23-24-26-28-30-32-34-36-42(46)41(40-51-52(48,49)50-39-38-44)45-43(47)37-35-33-31-29-27-25-22-18-16-14-12-10-8-6-4-2/h6,8,12,14,18,22,26-29,33-36,41-42,46H,3-5,7,9-11,13,15-17,19-21,23-25,30-32,37-40,44H2,1-2H3,(H,45,47)(H,48,49)/b8-6-,14-12-,22-18-,28-26+,29-27-,35-33-,36-34+. The lowest BCUT2D eigenvalue weighted by Crippen LogP contribution is -2.45. The predicted octanol–water partition coefficient (Wildman–Crippen LogP) is 11.0. The Hall–Kier alpha value is -2.32. The van der Waals surface area contributed by atoms with Crippen LogP contribution in [0.1, 0.15) is 149 Å². The van der Waals surface area contributed by atoms with E-state index in [0.29, 0.717) is 6.42 Å². The summed E-state index contributed by atoms with van der Waals surface area (Å²) in [6.45, 7) is 3.90. The maximum Gasteiger partial charge on any atom is 0.472 e. The second-order valence-electron chi connectivity index (χ2n) is 13.1. The number of hydrogen-bond acceptors (Lipinski definition) is 6. The van der Waals surface area contributed by atoms with Gasteiger partial charge in [0.1, 0.15) is 0 Å². The summed E-state index contributed by atoms with van der Waals surface area (Å²) in [5.41, 5.74) is 5.35. The second kappa shape index (κ2) is 38.4. The van der Waals surface area contributed by atoms with Gasteiger partial charge in [0.25, 0.3) is 0 Å². The molecule has 0 radical (unpaired) electrons. The summed E-state index contributed by atoms with van der Waals surface area (Å²) >= 11 is 0. The quantitative estimate of drug-likeness (QED) is 0.0285. The van der Waals surface area contributed by atoms with E-state index in [1.165, 1.54) is 77.0 Å². The first-order valence-electron chi connectivity index (χ1n) is 20.2. The first kappa shape index (κ1) is 49.7. The number of hydrogen-bond donors (Lipinski definition) is 4. The maximum atomic E-state index is 12.7. The molecule has 0 aliphatic rings. The van der Waals surface area contributed by atoms with Gasteiger partial charge in [-0.1, -0.05) is 170 Å². The minimum atomic E-state index is -4.37. The summed E-state index contributed by atoms with van der Waals surface area (Å²) in [4.78, 5) is 22.6. The van der Waals surface area contributed by atoms with Crippen molar-refractivity contribution in [2.24, 2.45) is 5.73 Å². The maximum absolute atomic E-state index is 12.7. The molecular formula is C43H75N2O6P. The third-order valence-electron chi connectivity index (χ3n) is 8.23. The van der Waals surface area contributed by atoms with Gasteiger partial charge in [0, 0.05) is 13.0 Å². The summed E-state index contributed by atoms with van der Waals surface area (Å²) in [5.74, 6) is -0.334. The lowest BCUT2D eigenvalue weighted by Gasteiger charge is -2.23. The van der Waals surface area contributed by atoms with E-state index in [0.717, 1.165) is 44.9 Å². The first-order chi connectivity index (χ1) is 25.4. The number of nitrogens with two attached hydrogens (primary N) is 1. The molecule has 298 valence electrons. The number of unbranched alkanes of at least 4 members (excludes halogenated alkanes) is 13. The molecule has 5 N–H and O–H groups in total. The lowest BCUT2D eigenvalue weighted by molar-refractivity contribution is -0.122. The van der Waals surface area contributed by atoms with Crippen molar-refractivity contribution in [1.82, 2.24) is 5.32 Å². The van der Waals surface area contributed by atoms with Crippen LogP contribution in [-0.2, 0) is 18.4 Å². The highest BCUT2D eigenvalue weighted by molar-refractivity contribution is 7.47. The Morgan fingerprint density at radius 1 is 0.654 bits per heavy atom. The molecule has 0 spiro atoms. The van der Waals surface area contributed by atoms with Crippen molar-refractivity contribution in [3.05, 3.63) is 85.1 Å². The molecule has 0 fully saturated rings. The van der Waals surface area contributed by atoms with Crippen molar-refractivity contribution >= 4 is 13.7 Å². The molecule has 0 aliphatic carbocycles. The lowest BCUT2D eigenvalue weighted by atomic mass is 10.0. The number of rotatable bonds is 36. The van der Waals surface area contributed by atoms with Crippen LogP contribution in [0, 0.1) is 0 Å². The van der Waals surface area contributed by atoms with Crippen molar-refractivity contribution in [1.29, 1.82) is 0 Å². The minimum absolute atomic E-state index is 0.0560. The number of amides is 1. The van der Waals surface area contributed by atoms with Crippen molar-refractivity contribution < 1.29 is 28.4 Å². The van der Waals surface area contributed by atoms with Crippen LogP contribution in [0.5, 0.6) is 0 Å². The van der Waals surface area contributed by atoms with E-state index in [9.17, 15) is 19.4 Å². The molecule has 0 aromatic heterocycles. The average Bonchev–Trinajstić information content (AvgIpc) is 3.13. The van der Waals surface area contributed by atoms with Gasteiger partial charge in [-0.25, -0.2) is 4.57 Å². The largest absolute Gasteiger partial charge is 0.472 e. The van der Waals surface area contributed by atoms with Gasteiger partial charge in [-0.3, -0.25) is 13.8 Å². The molecule has 8 nitrogen and oxygen atoms in total. The van der Waals surface area contributed by atoms with Crippen LogP contribution in [0.25, 0.3) is 0 Å². The summed E-state index contributed by atoms with van der Waals surface area (Å²) in [7, 11) is -4.37. The fraction of sp³-hybridized carbons (Fsp3) is 0.651. The van der Waals surface area contributed by atoms with Crippen LogP contribution in [0.3, 0.4) is 0 Å². The molecule has 0 saturated heterocycles. The number of nitrogens with one attached hydrogen (secondary N) is 1. The highest BCUT2D eigenvalue weighted by atomic mass is 31.2. The molecule has 0 saturated carbocycles. The molecule has 0 aromatic rings. The van der Waals surface area contributed by atoms with Crippen LogP contribution in [0.2, 0.25) is 0 Å². The molecule has 3 unspecified atom stereocenters. The second-order valence-corrected chi connectivity index (χ2v) is 14.6. The van der Waals surface area contributed by atoms with Crippen molar-refractivity contribution in [3.63, 3.8) is 0 Å². The zero-order valence-corrected chi connectivity index (χ0v) is 33.7. The summed E-state index contributed by atoms with van der Waals surface area (Å²) in [6, 6.07) is -0.935. The van der Waals surface area contributed by atoms with Crippen molar-refractivity contribution in [3.8, 4) is 0 Å². The van der Waals surface area contributed by atoms with Crippen LogP contribution in [0.4, 0.5) is 0 Å². The fourth-order valence-electron chi connectivity index (χ4n) is 5.21. The van der Waals surface area contributed by atoms with Gasteiger partial charge >= 0.3 is 7.82 Å². The summed E-state index contributed by atoms with van der Waals surface area (Å²) in [6.07, 6.45) is 50.9.